The predicted octanol–water partition coefficient (Wildman–Crippen LogP) is 4.89. The van der Waals surface area contributed by atoms with Gasteiger partial charge in [-0.25, -0.2) is 18.2 Å². The van der Waals surface area contributed by atoms with Gasteiger partial charge >= 0.3 is 6.09 Å². The van der Waals surface area contributed by atoms with E-state index in [0.29, 0.717) is 68.6 Å². The number of nitrogens with one attached hydrogen (secondary N) is 3. The summed E-state index contributed by atoms with van der Waals surface area (Å²) in [5, 5.41) is 6.70. The molecular formula is C41H55N5O9S. The Balaban J connectivity index is 1.25. The van der Waals surface area contributed by atoms with Crippen LogP contribution < -0.4 is 24.8 Å². The molecule has 3 aliphatic heterocycles. The van der Waals surface area contributed by atoms with E-state index in [9.17, 15) is 27.6 Å². The minimum atomic E-state index is -4.00. The van der Waals surface area contributed by atoms with Gasteiger partial charge < -0.3 is 29.7 Å². The molecule has 304 valence electrons. The third-order valence-electron chi connectivity index (χ3n) is 12.3. The number of benzene rings is 1. The molecule has 4 heterocycles. The summed E-state index contributed by atoms with van der Waals surface area (Å²) in [5.74, 6) is -0.986. The summed E-state index contributed by atoms with van der Waals surface area (Å²) in [4.78, 5) is 63.2. The SMILES string of the molecule is COc1ccc2nc(C)c3c(c2c1)CCC1(CC2C(=O)NC4(C(=O)NS(=O)(=O)C5(C)CC5)CCC4C=CCCCCCC(NC(=O)OC(C)(C)C)C(=O)N2C1)O3. The maximum atomic E-state index is 14.8. The van der Waals surface area contributed by atoms with Gasteiger partial charge in [0.15, 0.2) is 0 Å². The largest absolute Gasteiger partial charge is 0.497 e. The Labute approximate surface area is 328 Å². The Hall–Kier alpha value is -4.40. The average molecular weight is 794 g/mol. The van der Waals surface area contributed by atoms with Crippen molar-refractivity contribution in [1.29, 1.82) is 0 Å². The Morgan fingerprint density at radius 2 is 1.84 bits per heavy atom. The molecule has 1 saturated heterocycles. The number of aryl methyl sites for hydroxylation is 2. The Morgan fingerprint density at radius 1 is 1.07 bits per heavy atom. The number of amides is 4. The molecule has 56 heavy (non-hydrogen) atoms. The summed E-state index contributed by atoms with van der Waals surface area (Å²) in [6.45, 7) is 8.75. The van der Waals surface area contributed by atoms with Crippen molar-refractivity contribution in [2.24, 2.45) is 5.92 Å². The maximum absolute atomic E-state index is 14.8. The fourth-order valence-electron chi connectivity index (χ4n) is 8.62. The minimum absolute atomic E-state index is 0.0424. The number of pyridine rings is 1. The van der Waals surface area contributed by atoms with E-state index in [1.54, 1.807) is 34.8 Å². The van der Waals surface area contributed by atoms with E-state index in [2.05, 4.69) is 15.4 Å². The lowest BCUT2D eigenvalue weighted by Crippen LogP contribution is -2.70. The Morgan fingerprint density at radius 3 is 2.52 bits per heavy atom. The van der Waals surface area contributed by atoms with Gasteiger partial charge in [0.1, 0.15) is 40.3 Å². The topological polar surface area (TPSA) is 182 Å². The molecule has 2 saturated carbocycles. The zero-order chi connectivity index (χ0) is 40.3. The van der Waals surface area contributed by atoms with E-state index in [-0.39, 0.29) is 19.4 Å². The van der Waals surface area contributed by atoms with Crippen LogP contribution >= 0.6 is 0 Å². The fraction of sp³-hybridized carbons (Fsp3) is 0.634. The van der Waals surface area contributed by atoms with Gasteiger partial charge in [-0.05, 0) is 111 Å². The van der Waals surface area contributed by atoms with Gasteiger partial charge in [0.25, 0.3) is 5.91 Å². The molecule has 15 heteroatoms. The molecular weight excluding hydrogens is 739 g/mol. The molecule has 1 aromatic carbocycles. The number of hydrogen-bond donors (Lipinski definition) is 3. The van der Waals surface area contributed by atoms with Crippen LogP contribution in [0.3, 0.4) is 0 Å². The molecule has 14 nitrogen and oxygen atoms in total. The molecule has 7 rings (SSSR count). The van der Waals surface area contributed by atoms with Crippen molar-refractivity contribution in [1.82, 2.24) is 25.2 Å². The van der Waals surface area contributed by atoms with Gasteiger partial charge in [0.2, 0.25) is 21.8 Å². The van der Waals surface area contributed by atoms with E-state index >= 15 is 0 Å². The molecule has 5 unspecified atom stereocenters. The molecule has 2 aromatic rings. The summed E-state index contributed by atoms with van der Waals surface area (Å²) in [6.07, 6.45) is 9.23. The van der Waals surface area contributed by atoms with Crippen molar-refractivity contribution in [3.8, 4) is 11.5 Å². The lowest BCUT2D eigenvalue weighted by molar-refractivity contribution is -0.144. The smallest absolute Gasteiger partial charge is 0.408 e. The van der Waals surface area contributed by atoms with E-state index < -0.39 is 73.3 Å². The average Bonchev–Trinajstić information content (AvgIpc) is 3.79. The first kappa shape index (κ1) is 39.8. The molecule has 4 amide bonds. The first-order valence-electron chi connectivity index (χ1n) is 19.9. The number of hydrogen-bond acceptors (Lipinski definition) is 10. The van der Waals surface area contributed by atoms with Crippen molar-refractivity contribution >= 4 is 44.7 Å². The van der Waals surface area contributed by atoms with Crippen molar-refractivity contribution in [2.75, 3.05) is 13.7 Å². The second kappa shape index (κ2) is 14.5. The number of allylic oxidation sites excluding steroid dienone is 1. The van der Waals surface area contributed by atoms with Gasteiger partial charge in [-0.1, -0.05) is 25.0 Å². The third-order valence-corrected chi connectivity index (χ3v) is 14.5. The molecule has 1 spiro atoms. The highest BCUT2D eigenvalue weighted by molar-refractivity contribution is 7.91. The van der Waals surface area contributed by atoms with Gasteiger partial charge in [-0.15, -0.1) is 0 Å². The Bertz CT molecular complexity index is 2080. The van der Waals surface area contributed by atoms with Crippen LogP contribution in [0.25, 0.3) is 10.9 Å². The van der Waals surface area contributed by atoms with Crippen LogP contribution in [0.15, 0.2) is 30.4 Å². The summed E-state index contributed by atoms with van der Waals surface area (Å²) in [7, 11) is -2.40. The fourth-order valence-corrected chi connectivity index (χ4v) is 9.93. The third kappa shape index (κ3) is 7.55. The van der Waals surface area contributed by atoms with Gasteiger partial charge in [0, 0.05) is 23.3 Å². The number of sulfonamides is 1. The molecule has 5 aliphatic rings. The second-order valence-corrected chi connectivity index (χ2v) is 19.8. The quantitative estimate of drug-likeness (QED) is 0.353. The molecule has 0 radical (unpaired) electrons. The van der Waals surface area contributed by atoms with Gasteiger partial charge in [0.05, 0.1) is 29.6 Å². The standard InChI is InChI=1S/C41H55N5O9S/c1-25-33-28(29-22-27(53-6)14-15-30(29)42-25)17-18-40(54-33)23-32-34(47)44-41(36(49)45-56(51,52)39(5)20-21-39)19-16-26(41)12-10-8-7-9-11-13-31(35(48)46(32)24-40)43-37(50)55-38(2,3)4/h10,12,14-15,22,26,31-32H,7-9,11,13,16-21,23-24H2,1-6H3,(H,43,50)(H,44,47)(H,45,49). The molecule has 1 aromatic heterocycles. The van der Waals surface area contributed by atoms with Crippen LogP contribution in [0.1, 0.15) is 110 Å². The summed E-state index contributed by atoms with van der Waals surface area (Å²) >= 11 is 0. The molecule has 0 bridgehead atoms. The van der Waals surface area contributed by atoms with Crippen LogP contribution in [-0.2, 0) is 35.6 Å². The van der Waals surface area contributed by atoms with Gasteiger partial charge in [-0.3, -0.25) is 19.1 Å². The minimum Gasteiger partial charge on any atom is -0.497 e. The Kier molecular flexibility index (Phi) is 10.3. The van der Waals surface area contributed by atoms with Crippen LogP contribution in [0.4, 0.5) is 4.79 Å². The normalized spacial score (nSPS) is 29.0. The summed E-state index contributed by atoms with van der Waals surface area (Å²) in [5.41, 5.74) is -0.899. The zero-order valence-corrected chi connectivity index (χ0v) is 34.1. The highest BCUT2D eigenvalue weighted by atomic mass is 32.2. The number of rotatable bonds is 5. The summed E-state index contributed by atoms with van der Waals surface area (Å²) in [6, 6.07) is 3.60. The number of methoxy groups -OCH3 is 1. The van der Waals surface area contributed by atoms with Crippen molar-refractivity contribution in [2.45, 2.75) is 145 Å². The van der Waals surface area contributed by atoms with Crippen molar-refractivity contribution in [3.63, 3.8) is 0 Å². The maximum Gasteiger partial charge on any atom is 0.408 e. The molecule has 3 fully saturated rings. The monoisotopic (exact) mass is 793 g/mol. The number of ether oxygens (including phenoxy) is 3. The number of carbonyl (C=O) groups excluding carboxylic acids is 4. The lowest BCUT2D eigenvalue weighted by Gasteiger charge is -2.48. The highest BCUT2D eigenvalue weighted by Crippen LogP contribution is 2.47. The van der Waals surface area contributed by atoms with Crippen LogP contribution in [-0.4, -0.2) is 89.3 Å². The first-order chi connectivity index (χ1) is 26.4. The predicted molar refractivity (Wildman–Crippen MR) is 209 cm³/mol. The highest BCUT2D eigenvalue weighted by Gasteiger charge is 2.59. The van der Waals surface area contributed by atoms with E-state index in [0.717, 1.165) is 29.3 Å². The molecule has 3 N–H and O–H groups in total. The van der Waals surface area contributed by atoms with E-state index in [1.165, 1.54) is 4.90 Å². The van der Waals surface area contributed by atoms with Crippen molar-refractivity contribution in [3.05, 3.63) is 41.6 Å². The zero-order valence-electron chi connectivity index (χ0n) is 33.3. The number of aromatic nitrogens is 1. The second-order valence-electron chi connectivity index (χ2n) is 17.6. The summed E-state index contributed by atoms with van der Waals surface area (Å²) < 4.78 is 45.9. The van der Waals surface area contributed by atoms with Crippen LogP contribution in [0.5, 0.6) is 11.5 Å². The van der Waals surface area contributed by atoms with Crippen LogP contribution in [0, 0.1) is 12.8 Å². The van der Waals surface area contributed by atoms with Crippen molar-refractivity contribution < 1.29 is 41.8 Å². The number of carbonyl (C=O) groups is 4. The van der Waals surface area contributed by atoms with Gasteiger partial charge in [-0.2, -0.15) is 0 Å². The lowest BCUT2D eigenvalue weighted by atomic mass is 9.65. The van der Waals surface area contributed by atoms with E-state index in [4.69, 9.17) is 19.2 Å². The molecule has 2 aliphatic carbocycles. The van der Waals surface area contributed by atoms with E-state index in [1.807, 2.05) is 37.3 Å². The van der Waals surface area contributed by atoms with Crippen LogP contribution in [0.2, 0.25) is 0 Å². The first-order valence-corrected chi connectivity index (χ1v) is 21.4. The number of alkyl carbamates (subject to hydrolysis) is 1. The number of nitrogens with zero attached hydrogens (tertiary/aromatic N) is 2. The molecule has 5 atom stereocenters. The number of fused-ring (bicyclic) bond motifs is 5.